The number of aromatic nitrogens is 2. The van der Waals surface area contributed by atoms with Gasteiger partial charge in [0.05, 0.1) is 27.8 Å². The molecule has 65 heavy (non-hydrogen) atoms. The van der Waals surface area contributed by atoms with E-state index in [0.29, 0.717) is 5.92 Å². The average molecular weight is 849 g/mol. The molecule has 0 radical (unpaired) electrons. The van der Waals surface area contributed by atoms with Crippen LogP contribution in [-0.2, 0) is 0 Å². The molecular weight excluding hydrogens is 801 g/mol. The lowest BCUT2D eigenvalue weighted by Crippen LogP contribution is -2.74. The molecule has 2 aromatic heterocycles. The Bertz CT molecular complexity index is 3670. The largest absolute Gasteiger partial charge is 0.309 e. The van der Waals surface area contributed by atoms with Crippen LogP contribution in [0.4, 0.5) is 0 Å². The summed E-state index contributed by atoms with van der Waals surface area (Å²) in [6, 6.07) is 88.8. The second-order valence-electron chi connectivity index (χ2n) is 17.6. The van der Waals surface area contributed by atoms with E-state index in [1.54, 1.807) is 0 Å². The third-order valence-corrected chi connectivity index (χ3v) is 18.9. The Morgan fingerprint density at radius 3 is 1.48 bits per heavy atom. The summed E-state index contributed by atoms with van der Waals surface area (Å²) in [5, 5.41) is 13.0. The van der Waals surface area contributed by atoms with Gasteiger partial charge < -0.3 is 9.13 Å². The van der Waals surface area contributed by atoms with Crippen LogP contribution in [0, 0.1) is 0 Å². The van der Waals surface area contributed by atoms with E-state index in [9.17, 15) is 0 Å². The smallest absolute Gasteiger partial charge is 0.179 e. The average Bonchev–Trinajstić information content (AvgIpc) is 3.89. The van der Waals surface area contributed by atoms with Crippen molar-refractivity contribution in [3.8, 4) is 22.5 Å². The lowest BCUT2D eigenvalue weighted by Gasteiger charge is -2.35. The summed E-state index contributed by atoms with van der Waals surface area (Å²) in [6.07, 6.45) is 1.12. The van der Waals surface area contributed by atoms with Crippen molar-refractivity contribution < 1.29 is 0 Å². The molecule has 1 unspecified atom stereocenters. The maximum Gasteiger partial charge on any atom is 0.179 e. The van der Waals surface area contributed by atoms with Crippen LogP contribution in [0.2, 0.25) is 0 Å². The van der Waals surface area contributed by atoms with Gasteiger partial charge in [0.1, 0.15) is 0 Å². The molecular formula is C62H48N2Si. The first-order chi connectivity index (χ1) is 32.1. The molecule has 12 aromatic rings. The molecule has 10 aromatic carbocycles. The van der Waals surface area contributed by atoms with Crippen molar-refractivity contribution in [2.75, 3.05) is 0 Å². The molecule has 0 fully saturated rings. The summed E-state index contributed by atoms with van der Waals surface area (Å²) in [5.74, 6) is 0.512. The zero-order valence-electron chi connectivity index (χ0n) is 36.7. The molecule has 0 spiro atoms. The summed E-state index contributed by atoms with van der Waals surface area (Å²) in [5.41, 5.74) is 11.0. The minimum absolute atomic E-state index is 0.512. The van der Waals surface area contributed by atoms with Crippen LogP contribution in [-0.4, -0.2) is 17.2 Å². The van der Waals surface area contributed by atoms with Crippen molar-refractivity contribution in [1.29, 1.82) is 0 Å². The van der Waals surface area contributed by atoms with Gasteiger partial charge in [-0.05, 0) is 110 Å². The number of benzene rings is 10. The third kappa shape index (κ3) is 6.22. The molecule has 0 aliphatic carbocycles. The van der Waals surface area contributed by atoms with Crippen molar-refractivity contribution in [3.63, 3.8) is 0 Å². The van der Waals surface area contributed by atoms with Crippen LogP contribution in [0.5, 0.6) is 0 Å². The molecule has 12 rings (SSSR count). The first kappa shape index (κ1) is 38.9. The van der Waals surface area contributed by atoms with Crippen molar-refractivity contribution in [2.24, 2.45) is 0 Å². The molecule has 0 amide bonds. The Kier molecular flexibility index (Phi) is 9.47. The van der Waals surface area contributed by atoms with E-state index in [0.717, 1.165) is 6.42 Å². The van der Waals surface area contributed by atoms with E-state index < -0.39 is 8.07 Å². The number of fused-ring (bicyclic) bond motifs is 7. The Labute approximate surface area is 381 Å². The summed E-state index contributed by atoms with van der Waals surface area (Å²) in [7, 11) is -2.79. The summed E-state index contributed by atoms with van der Waals surface area (Å²) in [4.78, 5) is 0. The van der Waals surface area contributed by atoms with Gasteiger partial charge in [-0.25, -0.2) is 0 Å². The quantitative estimate of drug-likeness (QED) is 0.101. The van der Waals surface area contributed by atoms with Crippen molar-refractivity contribution >= 4 is 83.2 Å². The highest BCUT2D eigenvalue weighted by molar-refractivity contribution is 7.19. The van der Waals surface area contributed by atoms with E-state index in [4.69, 9.17) is 0 Å². The molecule has 310 valence electrons. The van der Waals surface area contributed by atoms with Crippen LogP contribution in [0.25, 0.3) is 76.9 Å². The fourth-order valence-corrected chi connectivity index (χ4v) is 15.6. The number of hydrogen-bond donors (Lipinski definition) is 0. The summed E-state index contributed by atoms with van der Waals surface area (Å²) >= 11 is 0. The topological polar surface area (TPSA) is 9.86 Å². The maximum absolute atomic E-state index is 2.79. The van der Waals surface area contributed by atoms with Gasteiger partial charge in [0.15, 0.2) is 8.07 Å². The number of rotatable bonds is 9. The predicted molar refractivity (Wildman–Crippen MR) is 280 cm³/mol. The highest BCUT2D eigenvalue weighted by Gasteiger charge is 2.41. The Morgan fingerprint density at radius 1 is 0.369 bits per heavy atom. The Balaban J connectivity index is 1.03. The Morgan fingerprint density at radius 2 is 0.846 bits per heavy atom. The van der Waals surface area contributed by atoms with E-state index in [1.807, 2.05) is 0 Å². The van der Waals surface area contributed by atoms with Crippen molar-refractivity contribution in [1.82, 2.24) is 9.13 Å². The molecule has 3 heteroatoms. The predicted octanol–water partition coefficient (Wildman–Crippen LogP) is 13.6. The standard InChI is InChI=1S/C62H48N2Si/c1-3-43(2)44-32-36-51(37-33-44)65(49-21-6-4-7-22-49,50-23-8-5-9-24-50)52-25-17-20-48(42-52)63-59-29-14-12-27-54(59)56-40-46(34-38-61(56)63)47-35-39-62-57(41-47)55-28-13-15-30-60(55)64(62)58-31-16-19-45-18-10-11-26-53(45)58/h4-43H,3H2,1-2H3. The summed E-state index contributed by atoms with van der Waals surface area (Å²) < 4.78 is 4.93. The van der Waals surface area contributed by atoms with Crippen LogP contribution >= 0.6 is 0 Å². The van der Waals surface area contributed by atoms with Crippen molar-refractivity contribution in [2.45, 2.75) is 26.2 Å². The molecule has 1 atom stereocenters. The van der Waals surface area contributed by atoms with Gasteiger partial charge >= 0.3 is 0 Å². The maximum atomic E-state index is 2.49. The fourth-order valence-electron chi connectivity index (χ4n) is 10.8. The van der Waals surface area contributed by atoms with Crippen LogP contribution in [0.3, 0.4) is 0 Å². The number of hydrogen-bond acceptors (Lipinski definition) is 0. The molecule has 0 aliphatic rings. The Hall–Kier alpha value is -7.72. The molecule has 0 aliphatic heterocycles. The van der Waals surface area contributed by atoms with Gasteiger partial charge in [-0.1, -0.05) is 196 Å². The monoisotopic (exact) mass is 848 g/mol. The molecule has 2 nitrogen and oxygen atoms in total. The van der Waals surface area contributed by atoms with E-state index >= 15 is 0 Å². The van der Waals surface area contributed by atoms with Crippen LogP contribution in [0.15, 0.2) is 237 Å². The van der Waals surface area contributed by atoms with Gasteiger partial charge in [-0.3, -0.25) is 0 Å². The highest BCUT2D eigenvalue weighted by Crippen LogP contribution is 2.39. The number of nitrogens with zero attached hydrogens (tertiary/aromatic N) is 2. The normalized spacial score (nSPS) is 12.5. The first-order valence-electron chi connectivity index (χ1n) is 23.0. The zero-order valence-corrected chi connectivity index (χ0v) is 37.7. The molecule has 0 N–H and O–H groups in total. The lowest BCUT2D eigenvalue weighted by atomic mass is 9.99. The third-order valence-electron chi connectivity index (χ3n) is 14.2. The van der Waals surface area contributed by atoms with Crippen LogP contribution < -0.4 is 20.7 Å². The second-order valence-corrected chi connectivity index (χ2v) is 21.4. The minimum Gasteiger partial charge on any atom is -0.309 e. The second kappa shape index (κ2) is 15.8. The molecule has 0 saturated heterocycles. The highest BCUT2D eigenvalue weighted by atomic mass is 28.3. The van der Waals surface area contributed by atoms with Crippen LogP contribution in [0.1, 0.15) is 31.7 Å². The van der Waals surface area contributed by atoms with E-state index in [1.165, 1.54) is 103 Å². The molecule has 0 bridgehead atoms. The van der Waals surface area contributed by atoms with Gasteiger partial charge in [0, 0.05) is 32.6 Å². The fraction of sp³-hybridized carbons (Fsp3) is 0.0645. The van der Waals surface area contributed by atoms with Crippen molar-refractivity contribution in [3.05, 3.63) is 242 Å². The minimum atomic E-state index is -2.79. The van der Waals surface area contributed by atoms with E-state index in [2.05, 4.69) is 260 Å². The zero-order chi connectivity index (χ0) is 43.5. The number of para-hydroxylation sites is 2. The van der Waals surface area contributed by atoms with E-state index in [-0.39, 0.29) is 0 Å². The van der Waals surface area contributed by atoms with Gasteiger partial charge in [0.2, 0.25) is 0 Å². The molecule has 2 heterocycles. The molecule has 0 saturated carbocycles. The van der Waals surface area contributed by atoms with Gasteiger partial charge in [-0.15, -0.1) is 0 Å². The summed E-state index contributed by atoms with van der Waals surface area (Å²) in [6.45, 7) is 4.61. The SMILES string of the molecule is CCC(C)c1ccc([Si](c2ccccc2)(c2ccccc2)c2cccc(-n3c4ccccc4c4cc(-c5ccc6c(c5)c5ccccc5n6-c5cccc6ccccc56)ccc43)c2)cc1. The van der Waals surface area contributed by atoms with Gasteiger partial charge in [-0.2, -0.15) is 0 Å². The lowest BCUT2D eigenvalue weighted by molar-refractivity contribution is 0.734. The first-order valence-corrected chi connectivity index (χ1v) is 25.0. The van der Waals surface area contributed by atoms with Gasteiger partial charge in [0.25, 0.3) is 0 Å².